The highest BCUT2D eigenvalue weighted by Crippen LogP contribution is 2.33. The fourth-order valence-electron chi connectivity index (χ4n) is 1.78. The SMILES string of the molecule is CCCn1nnn(-c2cc(OC)c([N+](=O)[O-])cc2Cl)c1=O. The first-order valence-electron chi connectivity index (χ1n) is 6.04. The Kier molecular flexibility index (Phi) is 4.22. The van der Waals surface area contributed by atoms with Gasteiger partial charge in [-0.15, -0.1) is 0 Å². The fourth-order valence-corrected chi connectivity index (χ4v) is 2.02. The maximum Gasteiger partial charge on any atom is 0.368 e. The molecule has 21 heavy (non-hydrogen) atoms. The van der Waals surface area contributed by atoms with Crippen molar-refractivity contribution >= 4 is 17.3 Å². The van der Waals surface area contributed by atoms with Crippen LogP contribution in [0.5, 0.6) is 5.75 Å². The molecule has 2 rings (SSSR count). The highest BCUT2D eigenvalue weighted by Gasteiger charge is 2.21. The molecule has 0 bridgehead atoms. The van der Waals surface area contributed by atoms with Gasteiger partial charge in [-0.1, -0.05) is 18.5 Å². The van der Waals surface area contributed by atoms with Crippen molar-refractivity contribution in [3.63, 3.8) is 0 Å². The Morgan fingerprint density at radius 2 is 2.14 bits per heavy atom. The minimum Gasteiger partial charge on any atom is -0.490 e. The van der Waals surface area contributed by atoms with Crippen LogP contribution in [0.2, 0.25) is 5.02 Å². The Morgan fingerprint density at radius 1 is 1.43 bits per heavy atom. The zero-order chi connectivity index (χ0) is 15.6. The molecule has 0 saturated heterocycles. The van der Waals surface area contributed by atoms with Crippen LogP contribution in [0.25, 0.3) is 5.69 Å². The number of aromatic nitrogens is 4. The van der Waals surface area contributed by atoms with E-state index in [2.05, 4.69) is 10.4 Å². The maximum absolute atomic E-state index is 12.1. The van der Waals surface area contributed by atoms with E-state index in [0.29, 0.717) is 6.54 Å². The van der Waals surface area contributed by atoms with E-state index in [1.807, 2.05) is 6.92 Å². The minimum atomic E-state index is -0.620. The van der Waals surface area contributed by atoms with Gasteiger partial charge in [0.15, 0.2) is 5.75 Å². The van der Waals surface area contributed by atoms with Crippen LogP contribution in [0.1, 0.15) is 13.3 Å². The molecule has 0 amide bonds. The van der Waals surface area contributed by atoms with Crippen LogP contribution in [-0.4, -0.2) is 31.8 Å². The van der Waals surface area contributed by atoms with Crippen LogP contribution in [-0.2, 0) is 6.54 Å². The Morgan fingerprint density at radius 3 is 2.71 bits per heavy atom. The van der Waals surface area contributed by atoms with Gasteiger partial charge < -0.3 is 4.74 Å². The Balaban J connectivity index is 2.59. The van der Waals surface area contributed by atoms with Gasteiger partial charge in [-0.25, -0.2) is 4.79 Å². The van der Waals surface area contributed by atoms with Crippen LogP contribution in [0.4, 0.5) is 5.69 Å². The van der Waals surface area contributed by atoms with Crippen molar-refractivity contribution in [2.24, 2.45) is 0 Å². The minimum absolute atomic E-state index is 0.00754. The van der Waals surface area contributed by atoms with E-state index in [-0.39, 0.29) is 22.1 Å². The third-order valence-electron chi connectivity index (χ3n) is 2.75. The molecular formula is C11H12ClN5O4. The van der Waals surface area contributed by atoms with Crippen molar-refractivity contribution in [2.45, 2.75) is 19.9 Å². The summed E-state index contributed by atoms with van der Waals surface area (Å²) in [5, 5.41) is 18.4. The van der Waals surface area contributed by atoms with Crippen molar-refractivity contribution in [2.75, 3.05) is 7.11 Å². The number of nitro benzene ring substituents is 1. The van der Waals surface area contributed by atoms with Crippen LogP contribution in [0.3, 0.4) is 0 Å². The molecule has 0 N–H and O–H groups in total. The predicted molar refractivity (Wildman–Crippen MR) is 74.1 cm³/mol. The quantitative estimate of drug-likeness (QED) is 0.610. The molecule has 9 nitrogen and oxygen atoms in total. The van der Waals surface area contributed by atoms with Crippen LogP contribution in [0.15, 0.2) is 16.9 Å². The second-order valence-electron chi connectivity index (χ2n) is 4.13. The predicted octanol–water partition coefficient (Wildman–Crippen LogP) is 1.41. The first-order chi connectivity index (χ1) is 9.99. The number of ether oxygens (including phenoxy) is 1. The van der Waals surface area contributed by atoms with Crippen molar-refractivity contribution in [3.8, 4) is 11.4 Å². The lowest BCUT2D eigenvalue weighted by molar-refractivity contribution is -0.385. The third kappa shape index (κ3) is 2.72. The lowest BCUT2D eigenvalue weighted by Crippen LogP contribution is -2.24. The Bertz CT molecular complexity index is 739. The summed E-state index contributed by atoms with van der Waals surface area (Å²) < 4.78 is 7.11. The highest BCUT2D eigenvalue weighted by atomic mass is 35.5. The largest absolute Gasteiger partial charge is 0.490 e. The smallest absolute Gasteiger partial charge is 0.368 e. The van der Waals surface area contributed by atoms with Gasteiger partial charge in [-0.2, -0.15) is 9.36 Å². The van der Waals surface area contributed by atoms with Gasteiger partial charge in [0.1, 0.15) is 0 Å². The molecule has 0 unspecified atom stereocenters. The van der Waals surface area contributed by atoms with Crippen LogP contribution >= 0.6 is 11.6 Å². The Hall–Kier alpha value is -2.42. The molecular weight excluding hydrogens is 302 g/mol. The summed E-state index contributed by atoms with van der Waals surface area (Å²) in [6, 6.07) is 2.40. The number of hydrogen-bond donors (Lipinski definition) is 0. The molecule has 2 aromatic rings. The van der Waals surface area contributed by atoms with Crippen LogP contribution in [0, 0.1) is 10.1 Å². The number of nitro groups is 1. The second kappa shape index (κ2) is 5.92. The van der Waals surface area contributed by atoms with Gasteiger partial charge in [0.2, 0.25) is 0 Å². The molecule has 1 aromatic carbocycles. The summed E-state index contributed by atoms with van der Waals surface area (Å²) in [6.07, 6.45) is 0.718. The number of aryl methyl sites for hydroxylation is 1. The molecule has 10 heteroatoms. The van der Waals surface area contributed by atoms with E-state index in [1.54, 1.807) is 0 Å². The van der Waals surface area contributed by atoms with Crippen molar-refractivity contribution in [1.82, 2.24) is 19.8 Å². The molecule has 0 aliphatic carbocycles. The lowest BCUT2D eigenvalue weighted by atomic mass is 10.2. The molecule has 0 aliphatic heterocycles. The van der Waals surface area contributed by atoms with E-state index < -0.39 is 10.6 Å². The summed E-state index contributed by atoms with van der Waals surface area (Å²) in [5.41, 5.74) is -0.596. The van der Waals surface area contributed by atoms with E-state index >= 15 is 0 Å². The first-order valence-corrected chi connectivity index (χ1v) is 6.42. The molecule has 0 atom stereocenters. The average molecular weight is 314 g/mol. The van der Waals surface area contributed by atoms with Crippen molar-refractivity contribution in [1.29, 1.82) is 0 Å². The lowest BCUT2D eigenvalue weighted by Gasteiger charge is -2.06. The van der Waals surface area contributed by atoms with E-state index in [0.717, 1.165) is 17.2 Å². The van der Waals surface area contributed by atoms with Gasteiger partial charge in [0.25, 0.3) is 0 Å². The molecule has 0 spiro atoms. The van der Waals surface area contributed by atoms with Crippen molar-refractivity contribution in [3.05, 3.63) is 37.8 Å². The summed E-state index contributed by atoms with van der Waals surface area (Å²) in [4.78, 5) is 22.4. The normalized spacial score (nSPS) is 10.6. The fraction of sp³-hybridized carbons (Fsp3) is 0.364. The van der Waals surface area contributed by atoms with Gasteiger partial charge in [-0.05, 0) is 16.8 Å². The summed E-state index contributed by atoms with van der Waals surface area (Å²) in [7, 11) is 1.29. The molecule has 1 heterocycles. The Labute approximate surface area is 123 Å². The molecule has 0 aliphatic rings. The molecule has 1 aromatic heterocycles. The van der Waals surface area contributed by atoms with Gasteiger partial charge in [0, 0.05) is 18.7 Å². The first kappa shape index (κ1) is 15.0. The maximum atomic E-state index is 12.1. The van der Waals surface area contributed by atoms with Gasteiger partial charge >= 0.3 is 11.4 Å². The average Bonchev–Trinajstić information content (AvgIpc) is 2.80. The zero-order valence-electron chi connectivity index (χ0n) is 11.3. The number of methoxy groups -OCH3 is 1. The number of benzene rings is 1. The molecule has 0 saturated carbocycles. The van der Waals surface area contributed by atoms with E-state index in [4.69, 9.17) is 16.3 Å². The molecule has 0 fully saturated rings. The molecule has 112 valence electrons. The summed E-state index contributed by atoms with van der Waals surface area (Å²) in [6.45, 7) is 2.31. The van der Waals surface area contributed by atoms with Gasteiger partial charge in [-0.3, -0.25) is 10.1 Å². The summed E-state index contributed by atoms with van der Waals surface area (Å²) >= 11 is 6.00. The van der Waals surface area contributed by atoms with Crippen LogP contribution < -0.4 is 10.4 Å². The highest BCUT2D eigenvalue weighted by molar-refractivity contribution is 6.32. The van der Waals surface area contributed by atoms with Gasteiger partial charge in [0.05, 0.1) is 22.7 Å². The number of nitrogens with zero attached hydrogens (tertiary/aromatic N) is 5. The number of hydrogen-bond acceptors (Lipinski definition) is 6. The monoisotopic (exact) mass is 313 g/mol. The third-order valence-corrected chi connectivity index (χ3v) is 3.05. The second-order valence-corrected chi connectivity index (χ2v) is 4.54. The zero-order valence-corrected chi connectivity index (χ0v) is 12.1. The number of tetrazole rings is 1. The summed E-state index contributed by atoms with van der Waals surface area (Å²) in [5.74, 6) is -0.0173. The van der Waals surface area contributed by atoms with Crippen molar-refractivity contribution < 1.29 is 9.66 Å². The van der Waals surface area contributed by atoms with E-state index in [1.165, 1.54) is 17.9 Å². The topological polar surface area (TPSA) is 105 Å². The molecule has 0 radical (unpaired) electrons. The standard InChI is InChI=1S/C11H12ClN5O4/c1-3-4-15-11(18)16(14-13-15)8-6-10(21-2)9(17(19)20)5-7(8)12/h5-6H,3-4H2,1-2H3. The van der Waals surface area contributed by atoms with E-state index in [9.17, 15) is 14.9 Å². The number of halogens is 1. The number of rotatable bonds is 5.